The molecule has 0 N–H and O–H groups in total. The van der Waals surface area contributed by atoms with Gasteiger partial charge in [0.1, 0.15) is 0 Å². The van der Waals surface area contributed by atoms with E-state index >= 15 is 0 Å². The number of carbonyl (C=O) groups excluding carboxylic acids is 2. The van der Waals surface area contributed by atoms with E-state index < -0.39 is 16.7 Å². The molecule has 136 valence electrons. The number of imide groups is 1. The molecule has 27 heavy (non-hydrogen) atoms. The van der Waals surface area contributed by atoms with Gasteiger partial charge in [-0.15, -0.1) is 6.58 Å². The maximum absolute atomic E-state index is 12.8. The lowest BCUT2D eigenvalue weighted by atomic mass is 10.1. The fourth-order valence-corrected chi connectivity index (χ4v) is 3.71. The molecule has 2 aromatic carbocycles. The maximum atomic E-state index is 12.8. The number of thioether (sulfide) groups is 1. The minimum absolute atomic E-state index is 0.0822. The Morgan fingerprint density at radius 3 is 2.26 bits per heavy atom. The Morgan fingerprint density at radius 1 is 1.07 bits per heavy atom. The van der Waals surface area contributed by atoms with E-state index in [9.17, 15) is 19.7 Å². The molecular weight excluding hydrogens is 388 g/mol. The van der Waals surface area contributed by atoms with Crippen molar-refractivity contribution in [1.29, 1.82) is 0 Å². The van der Waals surface area contributed by atoms with Crippen LogP contribution in [0.1, 0.15) is 5.56 Å². The van der Waals surface area contributed by atoms with Crippen LogP contribution in [-0.4, -0.2) is 28.2 Å². The summed E-state index contributed by atoms with van der Waals surface area (Å²) in [6.07, 6.45) is 1.47. The first kappa shape index (κ1) is 18.9. The first-order valence-corrected chi connectivity index (χ1v) is 9.01. The Balaban J connectivity index is 2.06. The van der Waals surface area contributed by atoms with Crippen LogP contribution in [0.15, 0.2) is 71.0 Å². The van der Waals surface area contributed by atoms with Gasteiger partial charge in [-0.2, -0.15) is 0 Å². The lowest BCUT2D eigenvalue weighted by Gasteiger charge is -2.11. The minimum atomic E-state index is -0.521. The molecule has 0 atom stereocenters. The summed E-state index contributed by atoms with van der Waals surface area (Å²) in [5.74, 6) is -0.876. The van der Waals surface area contributed by atoms with Crippen LogP contribution in [0.5, 0.6) is 0 Å². The van der Waals surface area contributed by atoms with Crippen molar-refractivity contribution in [1.82, 2.24) is 4.90 Å². The number of hydrogen-bond donors (Lipinski definition) is 0. The van der Waals surface area contributed by atoms with Gasteiger partial charge in [-0.05, 0) is 42.0 Å². The molecule has 2 aromatic rings. The van der Waals surface area contributed by atoms with Crippen molar-refractivity contribution in [2.24, 2.45) is 0 Å². The molecule has 1 aliphatic heterocycles. The largest absolute Gasteiger partial charge is 0.270 e. The Labute approximate surface area is 164 Å². The van der Waals surface area contributed by atoms with Gasteiger partial charge >= 0.3 is 0 Å². The number of benzene rings is 2. The van der Waals surface area contributed by atoms with Crippen LogP contribution in [-0.2, 0) is 9.59 Å². The predicted octanol–water partition coefficient (Wildman–Crippen LogP) is 4.31. The summed E-state index contributed by atoms with van der Waals surface area (Å²) >= 11 is 7.05. The summed E-state index contributed by atoms with van der Waals surface area (Å²) in [5.41, 5.74) is 0.574. The van der Waals surface area contributed by atoms with Gasteiger partial charge in [-0.1, -0.05) is 29.4 Å². The first-order chi connectivity index (χ1) is 12.9. The summed E-state index contributed by atoms with van der Waals surface area (Å²) in [4.78, 5) is 38.0. The predicted molar refractivity (Wildman–Crippen MR) is 104 cm³/mol. The molecule has 2 amide bonds. The van der Waals surface area contributed by atoms with Gasteiger partial charge in [0, 0.05) is 28.6 Å². The molecule has 0 radical (unpaired) electrons. The van der Waals surface area contributed by atoms with E-state index in [4.69, 9.17) is 11.6 Å². The van der Waals surface area contributed by atoms with Gasteiger partial charge in [0.2, 0.25) is 0 Å². The standard InChI is InChI=1S/C19H13ClN2O4S/c1-2-11-21-18(23)16(12-3-7-14(8-4-12)22(25)26)17(19(21)24)27-15-9-5-13(20)6-10-15/h2-10H,1,11H2. The summed E-state index contributed by atoms with van der Waals surface area (Å²) in [6, 6.07) is 12.4. The van der Waals surface area contributed by atoms with E-state index in [-0.39, 0.29) is 22.7 Å². The summed E-state index contributed by atoms with van der Waals surface area (Å²) in [6.45, 7) is 3.66. The zero-order valence-electron chi connectivity index (χ0n) is 13.9. The third kappa shape index (κ3) is 3.79. The normalized spacial score (nSPS) is 14.0. The van der Waals surface area contributed by atoms with Gasteiger partial charge in [0.15, 0.2) is 0 Å². The highest BCUT2D eigenvalue weighted by Crippen LogP contribution is 2.40. The highest BCUT2D eigenvalue weighted by Gasteiger charge is 2.38. The molecule has 8 heteroatoms. The van der Waals surface area contributed by atoms with Crippen molar-refractivity contribution in [3.63, 3.8) is 0 Å². The minimum Gasteiger partial charge on any atom is -0.270 e. The van der Waals surface area contributed by atoms with E-state index in [2.05, 4.69) is 6.58 Å². The molecule has 0 saturated heterocycles. The number of hydrogen-bond acceptors (Lipinski definition) is 5. The van der Waals surface area contributed by atoms with E-state index in [1.54, 1.807) is 24.3 Å². The molecule has 6 nitrogen and oxygen atoms in total. The van der Waals surface area contributed by atoms with Crippen LogP contribution in [0.2, 0.25) is 5.02 Å². The summed E-state index contributed by atoms with van der Waals surface area (Å²) in [5, 5.41) is 11.4. The molecule has 1 aliphatic rings. The van der Waals surface area contributed by atoms with Crippen molar-refractivity contribution in [3.05, 3.63) is 86.8 Å². The molecule has 1 heterocycles. The number of nitrogens with zero attached hydrogens (tertiary/aromatic N) is 2. The Hall–Kier alpha value is -2.90. The number of non-ortho nitro benzene ring substituents is 1. The third-order valence-corrected chi connectivity index (χ3v) is 5.18. The van der Waals surface area contributed by atoms with Crippen molar-refractivity contribution >= 4 is 46.4 Å². The number of rotatable bonds is 6. The molecular formula is C19H13ClN2O4S. The maximum Gasteiger partial charge on any atom is 0.269 e. The van der Waals surface area contributed by atoms with E-state index in [1.165, 1.54) is 30.3 Å². The Bertz CT molecular complexity index is 968. The van der Waals surface area contributed by atoms with Crippen LogP contribution in [0.3, 0.4) is 0 Å². The molecule has 3 rings (SSSR count). The number of amides is 2. The van der Waals surface area contributed by atoms with E-state index in [1.807, 2.05) is 0 Å². The molecule has 0 aliphatic carbocycles. The smallest absolute Gasteiger partial charge is 0.269 e. The SMILES string of the molecule is C=CCN1C(=O)C(Sc2ccc(Cl)cc2)=C(c2ccc([N+](=O)[O-])cc2)C1=O. The number of carbonyl (C=O) groups is 2. The highest BCUT2D eigenvalue weighted by atomic mass is 35.5. The number of nitro benzene ring substituents is 1. The summed E-state index contributed by atoms with van der Waals surface area (Å²) < 4.78 is 0. The fraction of sp³-hybridized carbons (Fsp3) is 0.0526. The Kier molecular flexibility index (Phi) is 5.43. The van der Waals surface area contributed by atoms with E-state index in [0.29, 0.717) is 10.6 Å². The van der Waals surface area contributed by atoms with Gasteiger partial charge in [0.05, 0.1) is 15.4 Å². The Morgan fingerprint density at radius 2 is 1.70 bits per heavy atom. The number of nitro groups is 1. The molecule has 0 aromatic heterocycles. The molecule has 0 fully saturated rings. The molecule has 0 saturated carbocycles. The van der Waals surface area contributed by atoms with Crippen molar-refractivity contribution in [2.75, 3.05) is 6.54 Å². The average Bonchev–Trinajstić information content (AvgIpc) is 2.88. The van der Waals surface area contributed by atoms with Crippen LogP contribution >= 0.6 is 23.4 Å². The van der Waals surface area contributed by atoms with Gasteiger partial charge in [0.25, 0.3) is 17.5 Å². The number of halogens is 1. The second-order valence-corrected chi connectivity index (χ2v) is 7.09. The summed E-state index contributed by atoms with van der Waals surface area (Å²) in [7, 11) is 0. The van der Waals surface area contributed by atoms with Crippen LogP contribution < -0.4 is 0 Å². The van der Waals surface area contributed by atoms with Crippen LogP contribution in [0.4, 0.5) is 5.69 Å². The zero-order chi connectivity index (χ0) is 19.6. The van der Waals surface area contributed by atoms with Gasteiger partial charge in [-0.25, -0.2) is 0 Å². The van der Waals surface area contributed by atoms with Crippen molar-refractivity contribution in [3.8, 4) is 0 Å². The zero-order valence-corrected chi connectivity index (χ0v) is 15.5. The molecule has 0 spiro atoms. The molecule has 0 unspecified atom stereocenters. The monoisotopic (exact) mass is 400 g/mol. The van der Waals surface area contributed by atoms with Crippen LogP contribution in [0, 0.1) is 10.1 Å². The fourth-order valence-electron chi connectivity index (χ4n) is 2.57. The second-order valence-electron chi connectivity index (χ2n) is 5.57. The second kappa shape index (κ2) is 7.77. The first-order valence-electron chi connectivity index (χ1n) is 7.82. The van der Waals surface area contributed by atoms with E-state index in [0.717, 1.165) is 21.6 Å². The average molecular weight is 401 g/mol. The van der Waals surface area contributed by atoms with Crippen LogP contribution in [0.25, 0.3) is 5.57 Å². The topological polar surface area (TPSA) is 80.5 Å². The van der Waals surface area contributed by atoms with Gasteiger partial charge < -0.3 is 0 Å². The highest BCUT2D eigenvalue weighted by molar-refractivity contribution is 8.04. The molecule has 0 bridgehead atoms. The van der Waals surface area contributed by atoms with Gasteiger partial charge in [-0.3, -0.25) is 24.6 Å². The van der Waals surface area contributed by atoms with Crippen molar-refractivity contribution < 1.29 is 14.5 Å². The van der Waals surface area contributed by atoms with Crippen molar-refractivity contribution in [2.45, 2.75) is 4.90 Å². The lowest BCUT2D eigenvalue weighted by Crippen LogP contribution is -2.31. The quantitative estimate of drug-likeness (QED) is 0.312. The third-order valence-electron chi connectivity index (χ3n) is 3.84. The lowest BCUT2D eigenvalue weighted by molar-refractivity contribution is -0.384.